The van der Waals surface area contributed by atoms with Gasteiger partial charge in [0.15, 0.2) is 0 Å². The van der Waals surface area contributed by atoms with Crippen LogP contribution >= 0.6 is 11.3 Å². The Morgan fingerprint density at radius 2 is 2.25 bits per heavy atom. The lowest BCUT2D eigenvalue weighted by Crippen LogP contribution is -2.27. The quantitative estimate of drug-likeness (QED) is 0.878. The van der Waals surface area contributed by atoms with E-state index in [1.807, 2.05) is 17.5 Å². The van der Waals surface area contributed by atoms with Gasteiger partial charge < -0.3 is 5.73 Å². The van der Waals surface area contributed by atoms with Crippen molar-refractivity contribution >= 4 is 11.3 Å². The Morgan fingerprint density at radius 3 is 2.85 bits per heavy atom. The summed E-state index contributed by atoms with van der Waals surface area (Å²) in [5.41, 5.74) is 4.52. The van der Waals surface area contributed by atoms with Gasteiger partial charge in [-0.1, -0.05) is 6.07 Å². The normalized spacial score (nSPS) is 10.8. The lowest BCUT2D eigenvalue weighted by Gasteiger charge is -2.02. The molecule has 0 amide bonds. The summed E-state index contributed by atoms with van der Waals surface area (Å²) in [5.74, 6) is 0. The number of hydrogen-bond donors (Lipinski definition) is 1. The van der Waals surface area contributed by atoms with E-state index >= 15 is 0 Å². The largest absolute Gasteiger partial charge is 0.346 e. The first-order chi connectivity index (χ1) is 9.61. The van der Waals surface area contributed by atoms with Crippen molar-refractivity contribution in [2.45, 2.75) is 19.5 Å². The smallest absolute Gasteiger partial charge is 0.327 e. The van der Waals surface area contributed by atoms with Gasteiger partial charge in [-0.15, -0.1) is 11.3 Å². The zero-order valence-corrected chi connectivity index (χ0v) is 11.4. The first-order valence-corrected chi connectivity index (χ1v) is 6.87. The number of aryl methyl sites for hydroxylation is 2. The molecule has 108 valence electrons. The van der Waals surface area contributed by atoms with Crippen molar-refractivity contribution in [3.8, 4) is 0 Å². The molecule has 2 heterocycles. The molecule has 0 saturated carbocycles. The number of rotatable bonds is 6. The van der Waals surface area contributed by atoms with Gasteiger partial charge in [-0.25, -0.2) is 9.48 Å². The number of hydrogen-bond acceptors (Lipinski definition) is 4. The van der Waals surface area contributed by atoms with E-state index in [0.29, 0.717) is 13.0 Å². The van der Waals surface area contributed by atoms with Crippen LogP contribution in [0.15, 0.2) is 40.3 Å². The average Bonchev–Trinajstić information content (AvgIpc) is 3.04. The molecule has 8 heteroatoms. The average molecular weight is 300 g/mol. The molecule has 0 bridgehead atoms. The van der Waals surface area contributed by atoms with Crippen LogP contribution in [0.1, 0.15) is 4.88 Å². The van der Waals surface area contributed by atoms with E-state index < -0.39 is 11.8 Å². The molecule has 0 saturated heterocycles. The van der Waals surface area contributed by atoms with Crippen molar-refractivity contribution in [1.29, 1.82) is 0 Å². The van der Waals surface area contributed by atoms with Gasteiger partial charge >= 0.3 is 5.69 Å². The lowest BCUT2D eigenvalue weighted by molar-refractivity contribution is 0.400. The number of aromatic nitrogens is 3. The SMILES string of the molecule is NCC(Cn1ncn(CCc2cccs2)c1=O)=C(F)F. The molecule has 2 rings (SSSR count). The standard InChI is InChI=1S/C12H14F2N4OS/c13-11(14)9(6-15)7-18-12(19)17(8-16-18)4-3-10-2-1-5-20-10/h1-2,5,8H,3-4,6-7,15H2. The van der Waals surface area contributed by atoms with Gasteiger partial charge in [-0.2, -0.15) is 13.9 Å². The summed E-state index contributed by atoms with van der Waals surface area (Å²) in [5, 5.41) is 5.80. The van der Waals surface area contributed by atoms with Gasteiger partial charge in [-0.3, -0.25) is 4.57 Å². The van der Waals surface area contributed by atoms with E-state index in [1.165, 1.54) is 10.9 Å². The Hall–Kier alpha value is -1.80. The molecular weight excluding hydrogens is 286 g/mol. The second kappa shape index (κ2) is 6.58. The molecular formula is C12H14F2N4OS. The molecule has 2 N–H and O–H groups in total. The summed E-state index contributed by atoms with van der Waals surface area (Å²) < 4.78 is 27.4. The van der Waals surface area contributed by atoms with Crippen LogP contribution in [0, 0.1) is 0 Å². The van der Waals surface area contributed by atoms with Crippen molar-refractivity contribution in [2.75, 3.05) is 6.54 Å². The minimum atomic E-state index is -1.85. The van der Waals surface area contributed by atoms with E-state index in [-0.39, 0.29) is 18.7 Å². The van der Waals surface area contributed by atoms with E-state index in [9.17, 15) is 13.6 Å². The second-order valence-corrected chi connectivity index (χ2v) is 5.19. The maximum Gasteiger partial charge on any atom is 0.346 e. The minimum Gasteiger partial charge on any atom is -0.327 e. The predicted octanol–water partition coefficient (Wildman–Crippen LogP) is 1.46. The summed E-state index contributed by atoms with van der Waals surface area (Å²) in [6, 6.07) is 3.92. The van der Waals surface area contributed by atoms with Gasteiger partial charge in [-0.05, 0) is 17.9 Å². The summed E-state index contributed by atoms with van der Waals surface area (Å²) in [6.45, 7) is -0.0976. The monoisotopic (exact) mass is 300 g/mol. The molecule has 0 radical (unpaired) electrons. The minimum absolute atomic E-state index is 0.274. The first kappa shape index (κ1) is 14.6. The van der Waals surface area contributed by atoms with Crippen molar-refractivity contribution in [2.24, 2.45) is 5.73 Å². The zero-order valence-electron chi connectivity index (χ0n) is 10.6. The highest BCUT2D eigenvalue weighted by Crippen LogP contribution is 2.10. The molecule has 0 aromatic carbocycles. The van der Waals surface area contributed by atoms with Crippen LogP contribution < -0.4 is 11.4 Å². The fourth-order valence-electron chi connectivity index (χ4n) is 1.70. The van der Waals surface area contributed by atoms with Crippen LogP contribution in [0.3, 0.4) is 0 Å². The Kier molecular flexibility index (Phi) is 4.80. The summed E-state index contributed by atoms with van der Waals surface area (Å²) in [4.78, 5) is 13.1. The maximum atomic E-state index is 12.5. The summed E-state index contributed by atoms with van der Waals surface area (Å²) >= 11 is 1.61. The van der Waals surface area contributed by atoms with Gasteiger partial charge in [0, 0.05) is 23.5 Å². The molecule has 2 aromatic rings. The van der Waals surface area contributed by atoms with Crippen molar-refractivity contribution in [1.82, 2.24) is 14.3 Å². The highest BCUT2D eigenvalue weighted by Gasteiger charge is 2.10. The molecule has 0 unspecified atom stereocenters. The van der Waals surface area contributed by atoms with Crippen LogP contribution in [0.25, 0.3) is 0 Å². The van der Waals surface area contributed by atoms with E-state index in [0.717, 1.165) is 9.56 Å². The predicted molar refractivity (Wildman–Crippen MR) is 72.8 cm³/mol. The Labute approximate surface area is 117 Å². The number of nitrogens with zero attached hydrogens (tertiary/aromatic N) is 3. The van der Waals surface area contributed by atoms with Crippen molar-refractivity contribution < 1.29 is 8.78 Å². The third-order valence-electron chi connectivity index (χ3n) is 2.83. The highest BCUT2D eigenvalue weighted by atomic mass is 32.1. The van der Waals surface area contributed by atoms with Crippen LogP contribution in [-0.2, 0) is 19.5 Å². The van der Waals surface area contributed by atoms with Gasteiger partial charge in [0.1, 0.15) is 6.33 Å². The molecule has 0 fully saturated rings. The Balaban J connectivity index is 2.07. The number of thiophene rings is 1. The van der Waals surface area contributed by atoms with Crippen LogP contribution in [0.5, 0.6) is 0 Å². The molecule has 0 spiro atoms. The number of nitrogens with two attached hydrogens (primary N) is 1. The molecule has 20 heavy (non-hydrogen) atoms. The molecule has 0 aliphatic carbocycles. The van der Waals surface area contributed by atoms with Crippen LogP contribution in [-0.4, -0.2) is 20.9 Å². The zero-order chi connectivity index (χ0) is 14.5. The third-order valence-corrected chi connectivity index (χ3v) is 3.77. The van der Waals surface area contributed by atoms with Gasteiger partial charge in [0.05, 0.1) is 6.54 Å². The topological polar surface area (TPSA) is 65.8 Å². The molecule has 0 aliphatic rings. The first-order valence-electron chi connectivity index (χ1n) is 5.99. The summed E-state index contributed by atoms with van der Waals surface area (Å²) in [7, 11) is 0. The second-order valence-electron chi connectivity index (χ2n) is 4.16. The van der Waals surface area contributed by atoms with E-state index in [2.05, 4.69) is 5.10 Å². The van der Waals surface area contributed by atoms with Gasteiger partial charge in [0.25, 0.3) is 6.08 Å². The van der Waals surface area contributed by atoms with E-state index in [1.54, 1.807) is 11.3 Å². The third kappa shape index (κ3) is 3.40. The lowest BCUT2D eigenvalue weighted by atomic mass is 10.3. The highest BCUT2D eigenvalue weighted by molar-refractivity contribution is 7.09. The maximum absolute atomic E-state index is 12.5. The van der Waals surface area contributed by atoms with Gasteiger partial charge in [0.2, 0.25) is 0 Å². The Morgan fingerprint density at radius 1 is 1.45 bits per heavy atom. The molecule has 5 nitrogen and oxygen atoms in total. The van der Waals surface area contributed by atoms with Crippen LogP contribution in [0.4, 0.5) is 8.78 Å². The summed E-state index contributed by atoms with van der Waals surface area (Å²) in [6.07, 6.45) is 0.216. The molecule has 0 atom stereocenters. The fourth-order valence-corrected chi connectivity index (χ4v) is 2.40. The van der Waals surface area contributed by atoms with E-state index in [4.69, 9.17) is 5.73 Å². The van der Waals surface area contributed by atoms with Crippen LogP contribution in [0.2, 0.25) is 0 Å². The Bertz CT molecular complexity index is 641. The molecule has 2 aromatic heterocycles. The fraction of sp³-hybridized carbons (Fsp3) is 0.333. The molecule has 0 aliphatic heterocycles. The van der Waals surface area contributed by atoms with Crippen molar-refractivity contribution in [3.05, 3.63) is 50.9 Å². The number of halogens is 2. The van der Waals surface area contributed by atoms with Crippen molar-refractivity contribution in [3.63, 3.8) is 0 Å².